The van der Waals surface area contributed by atoms with E-state index in [1.54, 1.807) is 24.3 Å². The monoisotopic (exact) mass is 345 g/mol. The van der Waals surface area contributed by atoms with Crippen molar-refractivity contribution in [1.29, 1.82) is 0 Å². The Morgan fingerprint density at radius 2 is 1.92 bits per heavy atom. The normalized spacial score (nSPS) is 18.6. The number of hydrogen-bond donors (Lipinski definition) is 0. The van der Waals surface area contributed by atoms with Gasteiger partial charge in [-0.2, -0.15) is 8.42 Å². The Hall–Kier alpha value is -1.85. The molecule has 2 aromatic carbocycles. The molecule has 0 radical (unpaired) electrons. The fourth-order valence-electron chi connectivity index (χ4n) is 3.24. The van der Waals surface area contributed by atoms with Gasteiger partial charge in [-0.3, -0.25) is 4.90 Å². The van der Waals surface area contributed by atoms with E-state index in [1.807, 2.05) is 6.07 Å². The molecule has 1 heterocycles. The van der Waals surface area contributed by atoms with E-state index in [0.717, 1.165) is 19.4 Å². The first-order valence-corrected chi connectivity index (χ1v) is 9.89. The van der Waals surface area contributed by atoms with E-state index in [4.69, 9.17) is 4.18 Å². The van der Waals surface area contributed by atoms with Crippen LogP contribution in [0.25, 0.3) is 0 Å². The molecule has 0 aromatic heterocycles. The van der Waals surface area contributed by atoms with Crippen LogP contribution in [-0.4, -0.2) is 32.2 Å². The van der Waals surface area contributed by atoms with E-state index in [1.165, 1.54) is 11.1 Å². The van der Waals surface area contributed by atoms with Crippen molar-refractivity contribution >= 4 is 10.1 Å². The highest BCUT2D eigenvalue weighted by molar-refractivity contribution is 7.87. The quantitative estimate of drug-likeness (QED) is 0.751. The van der Waals surface area contributed by atoms with Crippen LogP contribution in [0.3, 0.4) is 0 Å². The predicted octanol–water partition coefficient (Wildman–Crippen LogP) is 3.54. The zero-order chi connectivity index (χ0) is 17.0. The third kappa shape index (κ3) is 4.36. The van der Waals surface area contributed by atoms with Crippen LogP contribution in [0.1, 0.15) is 30.0 Å². The molecule has 0 spiro atoms. The second-order valence-corrected chi connectivity index (χ2v) is 7.96. The molecule has 0 N–H and O–H groups in total. The maximum absolute atomic E-state index is 12.2. The van der Waals surface area contributed by atoms with Gasteiger partial charge in [-0.05, 0) is 44.0 Å². The van der Waals surface area contributed by atoms with Crippen LogP contribution < -0.4 is 4.18 Å². The van der Waals surface area contributed by atoms with Gasteiger partial charge in [-0.15, -0.1) is 0 Å². The number of benzene rings is 2. The molecule has 1 atom stereocenters. The van der Waals surface area contributed by atoms with Gasteiger partial charge in [0, 0.05) is 12.6 Å². The number of hydrogen-bond acceptors (Lipinski definition) is 4. The van der Waals surface area contributed by atoms with Gasteiger partial charge in [0.2, 0.25) is 0 Å². The summed E-state index contributed by atoms with van der Waals surface area (Å²) in [6.45, 7) is 3.51. The van der Waals surface area contributed by atoms with E-state index in [-0.39, 0.29) is 5.75 Å². The summed E-state index contributed by atoms with van der Waals surface area (Å²) in [5.41, 5.74) is 2.51. The van der Waals surface area contributed by atoms with E-state index < -0.39 is 10.1 Å². The number of para-hydroxylation sites is 1. The Bertz CT molecular complexity index is 774. The Balaban J connectivity index is 1.63. The molecule has 0 bridgehead atoms. The molecule has 0 unspecified atom stereocenters. The summed E-state index contributed by atoms with van der Waals surface area (Å²) in [4.78, 5) is 2.25. The third-order valence-electron chi connectivity index (χ3n) is 4.39. The Labute approximate surface area is 144 Å². The second-order valence-electron chi connectivity index (χ2n) is 6.27. The summed E-state index contributed by atoms with van der Waals surface area (Å²) >= 11 is 0. The highest BCUT2D eigenvalue weighted by Crippen LogP contribution is 2.32. The average molecular weight is 345 g/mol. The van der Waals surface area contributed by atoms with Crippen molar-refractivity contribution in [2.75, 3.05) is 18.8 Å². The summed E-state index contributed by atoms with van der Waals surface area (Å²) < 4.78 is 29.6. The van der Waals surface area contributed by atoms with E-state index >= 15 is 0 Å². The van der Waals surface area contributed by atoms with Gasteiger partial charge in [0.1, 0.15) is 5.75 Å². The summed E-state index contributed by atoms with van der Waals surface area (Å²) in [7, 11) is -3.58. The van der Waals surface area contributed by atoms with Crippen molar-refractivity contribution in [2.24, 2.45) is 0 Å². The summed E-state index contributed by atoms with van der Waals surface area (Å²) in [5.74, 6) is 0.374. The first kappa shape index (κ1) is 17.0. The summed E-state index contributed by atoms with van der Waals surface area (Å²) in [6.07, 6.45) is 2.17. The molecule has 128 valence electrons. The van der Waals surface area contributed by atoms with Gasteiger partial charge in [-0.1, -0.05) is 48.0 Å². The lowest BCUT2D eigenvalue weighted by atomic mass is 10.0. The van der Waals surface area contributed by atoms with Crippen molar-refractivity contribution in [1.82, 2.24) is 4.90 Å². The molecule has 1 aliphatic rings. The zero-order valence-electron chi connectivity index (χ0n) is 13.9. The molecule has 5 heteroatoms. The van der Waals surface area contributed by atoms with Crippen LogP contribution in [0.5, 0.6) is 5.75 Å². The summed E-state index contributed by atoms with van der Waals surface area (Å²) in [5, 5.41) is 0. The van der Waals surface area contributed by atoms with E-state index in [9.17, 15) is 8.42 Å². The van der Waals surface area contributed by atoms with Gasteiger partial charge in [0.25, 0.3) is 0 Å². The molecule has 1 saturated heterocycles. The Morgan fingerprint density at radius 3 is 2.67 bits per heavy atom. The van der Waals surface area contributed by atoms with E-state index in [2.05, 4.69) is 36.1 Å². The van der Waals surface area contributed by atoms with Crippen LogP contribution in [0, 0.1) is 6.92 Å². The molecule has 0 amide bonds. The maximum Gasteiger partial charge on any atom is 0.310 e. The van der Waals surface area contributed by atoms with Crippen LogP contribution >= 0.6 is 0 Å². The lowest BCUT2D eigenvalue weighted by Gasteiger charge is -2.24. The molecule has 1 aliphatic heterocycles. The zero-order valence-corrected chi connectivity index (χ0v) is 14.7. The topological polar surface area (TPSA) is 46.6 Å². The lowest BCUT2D eigenvalue weighted by Crippen LogP contribution is -2.30. The van der Waals surface area contributed by atoms with Crippen LogP contribution in [0.4, 0.5) is 0 Å². The van der Waals surface area contributed by atoms with Gasteiger partial charge in [0.05, 0.1) is 5.75 Å². The molecule has 3 rings (SSSR count). The minimum absolute atomic E-state index is 0.00418. The largest absolute Gasteiger partial charge is 0.382 e. The number of likely N-dealkylation sites (tertiary alicyclic amines) is 1. The fraction of sp³-hybridized carbons (Fsp3) is 0.368. The van der Waals surface area contributed by atoms with Crippen molar-refractivity contribution < 1.29 is 12.6 Å². The summed E-state index contributed by atoms with van der Waals surface area (Å²) in [6, 6.07) is 17.4. The van der Waals surface area contributed by atoms with Crippen LogP contribution in [-0.2, 0) is 10.1 Å². The lowest BCUT2D eigenvalue weighted by molar-refractivity contribution is 0.270. The molecule has 4 nitrogen and oxygen atoms in total. The highest BCUT2D eigenvalue weighted by Gasteiger charge is 2.27. The maximum atomic E-state index is 12.2. The molecule has 0 aliphatic carbocycles. The standard InChI is InChI=1S/C19H23NO3S/c1-16-7-5-8-17(15-16)19-11-6-12-20(19)13-14-24(21,22)23-18-9-3-2-4-10-18/h2-5,7-10,15,19H,6,11-14H2,1H3/t19-/m1/s1. The van der Waals surface area contributed by atoms with Gasteiger partial charge < -0.3 is 4.18 Å². The molecule has 2 aromatic rings. The fourth-order valence-corrected chi connectivity index (χ4v) is 4.19. The minimum atomic E-state index is -3.58. The average Bonchev–Trinajstić information content (AvgIpc) is 3.02. The van der Waals surface area contributed by atoms with Gasteiger partial charge in [-0.25, -0.2) is 0 Å². The van der Waals surface area contributed by atoms with Crippen molar-refractivity contribution in [3.05, 3.63) is 65.7 Å². The molecule has 24 heavy (non-hydrogen) atoms. The third-order valence-corrected chi connectivity index (χ3v) is 5.51. The SMILES string of the molecule is Cc1cccc([C@H]2CCCN2CCS(=O)(=O)Oc2ccccc2)c1. The Kier molecular flexibility index (Phi) is 5.21. The van der Waals surface area contributed by atoms with Crippen molar-refractivity contribution in [2.45, 2.75) is 25.8 Å². The number of rotatable bonds is 6. The second kappa shape index (κ2) is 7.36. The first-order chi connectivity index (χ1) is 11.5. The molecule has 1 fully saturated rings. The number of nitrogens with zero attached hydrogens (tertiary/aromatic N) is 1. The van der Waals surface area contributed by atoms with E-state index in [0.29, 0.717) is 18.3 Å². The molecular formula is C19H23NO3S. The van der Waals surface area contributed by atoms with Crippen LogP contribution in [0.2, 0.25) is 0 Å². The van der Waals surface area contributed by atoms with Crippen molar-refractivity contribution in [3.8, 4) is 5.75 Å². The highest BCUT2D eigenvalue weighted by atomic mass is 32.2. The smallest absolute Gasteiger partial charge is 0.310 e. The molecular weight excluding hydrogens is 322 g/mol. The Morgan fingerprint density at radius 1 is 1.12 bits per heavy atom. The van der Waals surface area contributed by atoms with Crippen molar-refractivity contribution in [3.63, 3.8) is 0 Å². The molecule has 0 saturated carbocycles. The minimum Gasteiger partial charge on any atom is -0.382 e. The van der Waals surface area contributed by atoms with Gasteiger partial charge in [0.15, 0.2) is 0 Å². The predicted molar refractivity (Wildman–Crippen MR) is 95.6 cm³/mol. The first-order valence-electron chi connectivity index (χ1n) is 8.31. The van der Waals surface area contributed by atoms with Gasteiger partial charge >= 0.3 is 10.1 Å². The number of aryl methyl sites for hydroxylation is 1. The van der Waals surface area contributed by atoms with Crippen LogP contribution in [0.15, 0.2) is 54.6 Å².